The third-order valence-corrected chi connectivity index (χ3v) is 5.16. The molecular formula is C20H28N2O4. The standard InChI is InChI=1S/C20H28N2O4/c1-14(15-8-11-25-12-9-15)21-19(23)3-2-10-26-17-6-4-16-5-7-20(24)22-18(16)13-17/h4,6,13-15H,2-3,5,7-12H2,1H3,(H,21,23)(H,22,24)/t14-/m0/s1. The highest BCUT2D eigenvalue weighted by molar-refractivity contribution is 5.94. The summed E-state index contributed by atoms with van der Waals surface area (Å²) in [4.78, 5) is 23.6. The molecule has 2 amide bonds. The summed E-state index contributed by atoms with van der Waals surface area (Å²) in [6.45, 7) is 4.14. The number of fused-ring (bicyclic) bond motifs is 1. The van der Waals surface area contributed by atoms with E-state index >= 15 is 0 Å². The summed E-state index contributed by atoms with van der Waals surface area (Å²) in [6, 6.07) is 5.96. The van der Waals surface area contributed by atoms with Gasteiger partial charge in [0.05, 0.1) is 6.61 Å². The van der Waals surface area contributed by atoms with Crippen molar-refractivity contribution in [2.75, 3.05) is 25.1 Å². The van der Waals surface area contributed by atoms with Crippen molar-refractivity contribution in [1.82, 2.24) is 5.32 Å². The van der Waals surface area contributed by atoms with Gasteiger partial charge in [-0.15, -0.1) is 0 Å². The number of anilines is 1. The van der Waals surface area contributed by atoms with Gasteiger partial charge in [0, 0.05) is 43.9 Å². The highest BCUT2D eigenvalue weighted by atomic mass is 16.5. The minimum absolute atomic E-state index is 0.0463. The Kier molecular flexibility index (Phi) is 6.50. The molecule has 3 rings (SSSR count). The Hall–Kier alpha value is -2.08. The van der Waals surface area contributed by atoms with Gasteiger partial charge in [-0.1, -0.05) is 6.07 Å². The molecule has 1 fully saturated rings. The van der Waals surface area contributed by atoms with Gasteiger partial charge in [-0.25, -0.2) is 0 Å². The lowest BCUT2D eigenvalue weighted by atomic mass is 9.93. The molecule has 0 aromatic heterocycles. The number of carbonyl (C=O) groups is 2. The summed E-state index contributed by atoms with van der Waals surface area (Å²) in [5.74, 6) is 1.35. The van der Waals surface area contributed by atoms with Gasteiger partial charge >= 0.3 is 0 Å². The number of rotatable bonds is 7. The van der Waals surface area contributed by atoms with Crippen LogP contribution in [-0.2, 0) is 20.7 Å². The second-order valence-electron chi connectivity index (χ2n) is 7.13. The van der Waals surface area contributed by atoms with Crippen molar-refractivity contribution in [2.45, 2.75) is 51.5 Å². The van der Waals surface area contributed by atoms with E-state index < -0.39 is 0 Å². The Morgan fingerprint density at radius 3 is 2.96 bits per heavy atom. The third kappa shape index (κ3) is 5.21. The van der Waals surface area contributed by atoms with E-state index in [-0.39, 0.29) is 17.9 Å². The van der Waals surface area contributed by atoms with Crippen LogP contribution in [0, 0.1) is 5.92 Å². The van der Waals surface area contributed by atoms with Crippen molar-refractivity contribution in [2.24, 2.45) is 5.92 Å². The van der Waals surface area contributed by atoms with Crippen LogP contribution in [0.5, 0.6) is 5.75 Å². The molecule has 2 aliphatic rings. The minimum atomic E-state index is 0.0463. The molecule has 0 radical (unpaired) electrons. The predicted octanol–water partition coefficient (Wildman–Crippen LogP) is 2.66. The second kappa shape index (κ2) is 9.03. The molecule has 0 aliphatic carbocycles. The fourth-order valence-corrected chi connectivity index (χ4v) is 3.52. The van der Waals surface area contributed by atoms with E-state index in [1.54, 1.807) is 0 Å². The summed E-state index contributed by atoms with van der Waals surface area (Å²) >= 11 is 0. The highest BCUT2D eigenvalue weighted by Crippen LogP contribution is 2.27. The quantitative estimate of drug-likeness (QED) is 0.733. The van der Waals surface area contributed by atoms with E-state index in [0.717, 1.165) is 49.5 Å². The van der Waals surface area contributed by atoms with Crippen LogP contribution in [0.4, 0.5) is 5.69 Å². The van der Waals surface area contributed by atoms with Crippen molar-refractivity contribution in [3.05, 3.63) is 23.8 Å². The first-order chi connectivity index (χ1) is 12.6. The molecule has 2 heterocycles. The van der Waals surface area contributed by atoms with Gasteiger partial charge in [0.15, 0.2) is 0 Å². The molecule has 1 saturated heterocycles. The fraction of sp³-hybridized carbons (Fsp3) is 0.600. The lowest BCUT2D eigenvalue weighted by Crippen LogP contribution is -2.40. The summed E-state index contributed by atoms with van der Waals surface area (Å²) in [5.41, 5.74) is 1.97. The van der Waals surface area contributed by atoms with E-state index in [4.69, 9.17) is 9.47 Å². The van der Waals surface area contributed by atoms with E-state index in [2.05, 4.69) is 17.6 Å². The topological polar surface area (TPSA) is 76.7 Å². The van der Waals surface area contributed by atoms with E-state index in [9.17, 15) is 9.59 Å². The number of aryl methyl sites for hydroxylation is 1. The van der Waals surface area contributed by atoms with Crippen molar-refractivity contribution in [1.29, 1.82) is 0 Å². The Balaban J connectivity index is 1.36. The number of amides is 2. The van der Waals surface area contributed by atoms with Crippen LogP contribution in [-0.4, -0.2) is 37.7 Å². The zero-order valence-electron chi connectivity index (χ0n) is 15.4. The first kappa shape index (κ1) is 18.7. The number of nitrogens with one attached hydrogen (secondary N) is 2. The van der Waals surface area contributed by atoms with Crippen LogP contribution < -0.4 is 15.4 Å². The molecule has 142 valence electrons. The number of benzene rings is 1. The summed E-state index contributed by atoms with van der Waals surface area (Å²) < 4.78 is 11.1. The molecule has 26 heavy (non-hydrogen) atoms. The van der Waals surface area contributed by atoms with Gasteiger partial charge in [0.1, 0.15) is 5.75 Å². The Morgan fingerprint density at radius 2 is 2.15 bits per heavy atom. The fourth-order valence-electron chi connectivity index (χ4n) is 3.52. The average molecular weight is 360 g/mol. The number of carbonyl (C=O) groups excluding carboxylic acids is 2. The Morgan fingerprint density at radius 1 is 1.35 bits per heavy atom. The van der Waals surface area contributed by atoms with E-state index in [1.807, 2.05) is 18.2 Å². The normalized spacial score (nSPS) is 18.6. The molecule has 1 aromatic rings. The molecule has 6 nitrogen and oxygen atoms in total. The smallest absolute Gasteiger partial charge is 0.224 e. The molecule has 1 aromatic carbocycles. The maximum Gasteiger partial charge on any atom is 0.224 e. The average Bonchev–Trinajstić information content (AvgIpc) is 2.65. The molecule has 1 atom stereocenters. The first-order valence-electron chi connectivity index (χ1n) is 9.54. The molecule has 0 spiro atoms. The lowest BCUT2D eigenvalue weighted by molar-refractivity contribution is -0.122. The summed E-state index contributed by atoms with van der Waals surface area (Å²) in [5, 5.41) is 5.97. The van der Waals surface area contributed by atoms with Gasteiger partial charge in [0.2, 0.25) is 11.8 Å². The van der Waals surface area contributed by atoms with Gasteiger partial charge in [-0.3, -0.25) is 9.59 Å². The number of hydrogen-bond acceptors (Lipinski definition) is 4. The molecular weight excluding hydrogens is 332 g/mol. The van der Waals surface area contributed by atoms with Crippen molar-refractivity contribution < 1.29 is 19.1 Å². The molecule has 0 saturated carbocycles. The van der Waals surface area contributed by atoms with Gasteiger partial charge < -0.3 is 20.1 Å². The maximum absolute atomic E-state index is 12.1. The molecule has 0 bridgehead atoms. The van der Waals surface area contributed by atoms with Crippen LogP contribution in [0.2, 0.25) is 0 Å². The highest BCUT2D eigenvalue weighted by Gasteiger charge is 2.21. The molecule has 0 unspecified atom stereocenters. The zero-order valence-corrected chi connectivity index (χ0v) is 15.4. The van der Waals surface area contributed by atoms with Gasteiger partial charge in [-0.05, 0) is 50.2 Å². The lowest BCUT2D eigenvalue weighted by Gasteiger charge is -2.28. The monoisotopic (exact) mass is 360 g/mol. The van der Waals surface area contributed by atoms with Crippen LogP contribution in [0.25, 0.3) is 0 Å². The first-order valence-corrected chi connectivity index (χ1v) is 9.54. The Bertz CT molecular complexity index is 641. The molecule has 2 N–H and O–H groups in total. The van der Waals surface area contributed by atoms with Crippen molar-refractivity contribution >= 4 is 17.5 Å². The summed E-state index contributed by atoms with van der Waals surface area (Å²) in [6.07, 6.45) is 4.45. The minimum Gasteiger partial charge on any atom is -0.494 e. The van der Waals surface area contributed by atoms with E-state index in [0.29, 0.717) is 31.8 Å². The Labute approximate surface area is 154 Å². The van der Waals surface area contributed by atoms with Crippen molar-refractivity contribution in [3.63, 3.8) is 0 Å². The SMILES string of the molecule is C[C@H](NC(=O)CCCOc1ccc2c(c1)NC(=O)CC2)C1CCOCC1. The van der Waals surface area contributed by atoms with Crippen LogP contribution in [0.1, 0.15) is 44.6 Å². The zero-order chi connectivity index (χ0) is 18.4. The van der Waals surface area contributed by atoms with Gasteiger partial charge in [0.25, 0.3) is 0 Å². The van der Waals surface area contributed by atoms with Crippen molar-refractivity contribution in [3.8, 4) is 5.75 Å². The van der Waals surface area contributed by atoms with Gasteiger partial charge in [-0.2, -0.15) is 0 Å². The molecule has 6 heteroatoms. The largest absolute Gasteiger partial charge is 0.494 e. The maximum atomic E-state index is 12.1. The third-order valence-electron chi connectivity index (χ3n) is 5.16. The predicted molar refractivity (Wildman–Crippen MR) is 99.3 cm³/mol. The van der Waals surface area contributed by atoms with Crippen LogP contribution >= 0.6 is 0 Å². The summed E-state index contributed by atoms with van der Waals surface area (Å²) in [7, 11) is 0. The number of ether oxygens (including phenoxy) is 2. The number of hydrogen-bond donors (Lipinski definition) is 2. The molecule has 2 aliphatic heterocycles. The second-order valence-corrected chi connectivity index (χ2v) is 7.13. The van der Waals surface area contributed by atoms with Crippen LogP contribution in [0.3, 0.4) is 0 Å². The van der Waals surface area contributed by atoms with Crippen LogP contribution in [0.15, 0.2) is 18.2 Å². The van der Waals surface area contributed by atoms with E-state index in [1.165, 1.54) is 0 Å².